The summed E-state index contributed by atoms with van der Waals surface area (Å²) in [5, 5.41) is 12.0. The Kier molecular flexibility index (Phi) is 8.30. The van der Waals surface area contributed by atoms with Crippen molar-refractivity contribution < 1.29 is 14.3 Å². The zero-order valence-corrected chi connectivity index (χ0v) is 12.6. The van der Waals surface area contributed by atoms with Crippen molar-refractivity contribution >= 4 is 17.7 Å². The lowest BCUT2D eigenvalue weighted by atomic mass is 10.1. The topological polar surface area (TPSA) is 49.3 Å². The third-order valence-electron chi connectivity index (χ3n) is 3.05. The number of benzene rings is 1. The van der Waals surface area contributed by atoms with E-state index in [1.165, 1.54) is 37.1 Å². The van der Waals surface area contributed by atoms with Gasteiger partial charge in [-0.25, -0.2) is 9.18 Å². The summed E-state index contributed by atoms with van der Waals surface area (Å²) in [7, 11) is 0. The summed E-state index contributed by atoms with van der Waals surface area (Å²) in [5.41, 5.74) is 0.498. The second-order valence-electron chi connectivity index (χ2n) is 4.70. The minimum absolute atomic E-state index is 0.275. The first kappa shape index (κ1) is 17.0. The summed E-state index contributed by atoms with van der Waals surface area (Å²) in [5.74, 6) is -0.677. The van der Waals surface area contributed by atoms with E-state index in [0.717, 1.165) is 18.5 Å². The van der Waals surface area contributed by atoms with Gasteiger partial charge in [0, 0.05) is 6.54 Å². The molecule has 0 atom stereocenters. The molecular formula is C15H22FNO2S. The molecule has 5 heteroatoms. The van der Waals surface area contributed by atoms with Crippen molar-refractivity contribution in [3.05, 3.63) is 35.1 Å². The molecule has 0 heterocycles. The number of carboxylic acid groups (broad SMARTS) is 1. The van der Waals surface area contributed by atoms with Crippen molar-refractivity contribution in [2.24, 2.45) is 0 Å². The predicted molar refractivity (Wildman–Crippen MR) is 81.9 cm³/mol. The highest BCUT2D eigenvalue weighted by Crippen LogP contribution is 2.10. The minimum atomic E-state index is -1.23. The molecule has 3 nitrogen and oxygen atoms in total. The maximum absolute atomic E-state index is 13.4. The van der Waals surface area contributed by atoms with Crippen LogP contribution in [0, 0.1) is 5.82 Å². The highest BCUT2D eigenvalue weighted by molar-refractivity contribution is 7.98. The zero-order valence-electron chi connectivity index (χ0n) is 11.8. The first-order chi connectivity index (χ1) is 9.65. The van der Waals surface area contributed by atoms with Crippen LogP contribution in [0.25, 0.3) is 0 Å². The molecule has 2 N–H and O–H groups in total. The van der Waals surface area contributed by atoms with Crippen LogP contribution in [0.5, 0.6) is 0 Å². The van der Waals surface area contributed by atoms with Gasteiger partial charge in [-0.1, -0.05) is 18.9 Å². The monoisotopic (exact) mass is 299 g/mol. The van der Waals surface area contributed by atoms with Crippen LogP contribution in [0.1, 0.15) is 41.6 Å². The van der Waals surface area contributed by atoms with Crippen LogP contribution in [0.4, 0.5) is 4.39 Å². The fourth-order valence-corrected chi connectivity index (χ4v) is 2.42. The average Bonchev–Trinajstić information content (AvgIpc) is 2.41. The van der Waals surface area contributed by atoms with Gasteiger partial charge in [-0.2, -0.15) is 11.8 Å². The van der Waals surface area contributed by atoms with Crippen LogP contribution in [-0.2, 0) is 6.54 Å². The van der Waals surface area contributed by atoms with E-state index in [2.05, 4.69) is 11.6 Å². The van der Waals surface area contributed by atoms with Crippen LogP contribution in [0.15, 0.2) is 18.2 Å². The molecule has 0 radical (unpaired) electrons. The fourth-order valence-electron chi connectivity index (χ4n) is 1.92. The van der Waals surface area contributed by atoms with Crippen molar-refractivity contribution in [3.8, 4) is 0 Å². The Morgan fingerprint density at radius 3 is 2.70 bits per heavy atom. The molecule has 0 amide bonds. The van der Waals surface area contributed by atoms with E-state index < -0.39 is 11.8 Å². The van der Waals surface area contributed by atoms with Gasteiger partial charge < -0.3 is 10.4 Å². The summed E-state index contributed by atoms with van der Waals surface area (Å²) >= 11 is 1.88. The fraction of sp³-hybridized carbons (Fsp3) is 0.533. The zero-order chi connectivity index (χ0) is 14.8. The van der Waals surface area contributed by atoms with Gasteiger partial charge in [0.15, 0.2) is 0 Å². The number of nitrogens with one attached hydrogen (secondary N) is 1. The van der Waals surface area contributed by atoms with Gasteiger partial charge in [-0.05, 0) is 49.1 Å². The molecule has 0 bridgehead atoms. The summed E-state index contributed by atoms with van der Waals surface area (Å²) in [6.45, 7) is 1.48. The van der Waals surface area contributed by atoms with Crippen molar-refractivity contribution in [1.29, 1.82) is 0 Å². The minimum Gasteiger partial charge on any atom is -0.478 e. The number of carbonyl (C=O) groups is 1. The number of halogens is 1. The van der Waals surface area contributed by atoms with Crippen LogP contribution in [0.2, 0.25) is 0 Å². The Morgan fingerprint density at radius 2 is 2.05 bits per heavy atom. The second-order valence-corrected chi connectivity index (χ2v) is 5.69. The van der Waals surface area contributed by atoms with Crippen LogP contribution >= 0.6 is 11.8 Å². The van der Waals surface area contributed by atoms with E-state index in [0.29, 0.717) is 6.54 Å². The van der Waals surface area contributed by atoms with Crippen LogP contribution < -0.4 is 5.32 Å². The first-order valence-corrected chi connectivity index (χ1v) is 8.26. The van der Waals surface area contributed by atoms with Gasteiger partial charge in [0.2, 0.25) is 0 Å². The Bertz CT molecular complexity index is 426. The lowest BCUT2D eigenvalue weighted by Crippen LogP contribution is -2.15. The SMILES string of the molecule is CSCCCCCCNCc1ccc(C(=O)O)c(F)c1. The Labute approximate surface area is 124 Å². The number of aromatic carboxylic acids is 1. The van der Waals surface area contributed by atoms with Gasteiger partial charge in [0.1, 0.15) is 5.82 Å². The van der Waals surface area contributed by atoms with E-state index in [-0.39, 0.29) is 5.56 Å². The van der Waals surface area contributed by atoms with Gasteiger partial charge in [0.05, 0.1) is 5.56 Å². The first-order valence-electron chi connectivity index (χ1n) is 6.86. The third kappa shape index (κ3) is 6.39. The van der Waals surface area contributed by atoms with Crippen molar-refractivity contribution in [2.45, 2.75) is 32.2 Å². The summed E-state index contributed by atoms with van der Waals surface area (Å²) < 4.78 is 13.4. The van der Waals surface area contributed by atoms with Gasteiger partial charge >= 0.3 is 5.97 Å². The number of thioether (sulfide) groups is 1. The number of unbranched alkanes of at least 4 members (excludes halogenated alkanes) is 3. The number of hydrogen-bond donors (Lipinski definition) is 2. The summed E-state index contributed by atoms with van der Waals surface area (Å²) in [4.78, 5) is 10.7. The van der Waals surface area contributed by atoms with Crippen LogP contribution in [-0.4, -0.2) is 29.6 Å². The molecule has 1 rings (SSSR count). The smallest absolute Gasteiger partial charge is 0.338 e. The van der Waals surface area contributed by atoms with Crippen LogP contribution in [0.3, 0.4) is 0 Å². The van der Waals surface area contributed by atoms with Crippen molar-refractivity contribution in [2.75, 3.05) is 18.6 Å². The normalized spacial score (nSPS) is 10.7. The Morgan fingerprint density at radius 1 is 1.30 bits per heavy atom. The molecule has 0 unspecified atom stereocenters. The standard InChI is InChI=1S/C15H22FNO2S/c1-20-9-5-3-2-4-8-17-11-12-6-7-13(15(18)19)14(16)10-12/h6-7,10,17H,2-5,8-9,11H2,1H3,(H,18,19). The van der Waals surface area contributed by atoms with Crippen molar-refractivity contribution in [1.82, 2.24) is 5.32 Å². The number of rotatable bonds is 10. The predicted octanol–water partition coefficient (Wildman–Crippen LogP) is 3.54. The van der Waals surface area contributed by atoms with E-state index in [1.807, 2.05) is 11.8 Å². The Balaban J connectivity index is 2.19. The van der Waals surface area contributed by atoms with Gasteiger partial charge in [-0.15, -0.1) is 0 Å². The molecule has 0 spiro atoms. The molecular weight excluding hydrogens is 277 g/mol. The highest BCUT2D eigenvalue weighted by Gasteiger charge is 2.09. The molecule has 0 aliphatic rings. The largest absolute Gasteiger partial charge is 0.478 e. The maximum atomic E-state index is 13.4. The van der Waals surface area contributed by atoms with E-state index >= 15 is 0 Å². The molecule has 20 heavy (non-hydrogen) atoms. The van der Waals surface area contributed by atoms with Gasteiger partial charge in [0.25, 0.3) is 0 Å². The molecule has 0 saturated heterocycles. The summed E-state index contributed by atoms with van der Waals surface area (Å²) in [6, 6.07) is 4.25. The third-order valence-corrected chi connectivity index (χ3v) is 3.74. The second kappa shape index (κ2) is 9.77. The molecule has 1 aromatic rings. The lowest BCUT2D eigenvalue weighted by Gasteiger charge is -2.06. The number of hydrogen-bond acceptors (Lipinski definition) is 3. The number of carboxylic acids is 1. The molecule has 112 valence electrons. The molecule has 0 aliphatic heterocycles. The Hall–Kier alpha value is -1.07. The molecule has 0 fully saturated rings. The molecule has 0 saturated carbocycles. The quantitative estimate of drug-likeness (QED) is 0.649. The van der Waals surface area contributed by atoms with Gasteiger partial charge in [-0.3, -0.25) is 0 Å². The molecule has 1 aromatic carbocycles. The summed E-state index contributed by atoms with van der Waals surface area (Å²) in [6.07, 6.45) is 6.97. The van der Waals surface area contributed by atoms with Crippen molar-refractivity contribution in [3.63, 3.8) is 0 Å². The lowest BCUT2D eigenvalue weighted by molar-refractivity contribution is 0.0692. The maximum Gasteiger partial charge on any atom is 0.338 e. The van der Waals surface area contributed by atoms with E-state index in [9.17, 15) is 9.18 Å². The van der Waals surface area contributed by atoms with E-state index in [1.54, 1.807) is 6.07 Å². The average molecular weight is 299 g/mol. The van der Waals surface area contributed by atoms with E-state index in [4.69, 9.17) is 5.11 Å². The molecule has 0 aliphatic carbocycles. The highest BCUT2D eigenvalue weighted by atomic mass is 32.2. The molecule has 0 aromatic heterocycles.